The van der Waals surface area contributed by atoms with Crippen LogP contribution < -0.4 is 0 Å². The number of carbonyl (C=O) groups is 3. The third-order valence-corrected chi connectivity index (χ3v) is 4.72. The van der Waals surface area contributed by atoms with Crippen molar-refractivity contribution in [3.63, 3.8) is 0 Å². The summed E-state index contributed by atoms with van der Waals surface area (Å²) in [6.07, 6.45) is 0.818. The molecule has 0 aromatic heterocycles. The third kappa shape index (κ3) is 1.98. The largest absolute Gasteiger partial charge is 0.481 e. The minimum atomic E-state index is -1.44. The highest BCUT2D eigenvalue weighted by molar-refractivity contribution is 5.96. The van der Waals surface area contributed by atoms with Crippen molar-refractivity contribution in [2.75, 3.05) is 6.61 Å². The van der Waals surface area contributed by atoms with Crippen LogP contribution in [-0.2, 0) is 23.9 Å². The lowest BCUT2D eigenvalue weighted by atomic mass is 9.77. The summed E-state index contributed by atoms with van der Waals surface area (Å²) >= 11 is 0. The van der Waals surface area contributed by atoms with Gasteiger partial charge in [0.05, 0.1) is 25.0 Å². The molecule has 0 bridgehead atoms. The minimum Gasteiger partial charge on any atom is -0.481 e. The molecule has 1 N–H and O–H groups in total. The molecule has 0 amide bonds. The Morgan fingerprint density at radius 2 is 2.10 bits per heavy atom. The number of hydrogen-bond acceptors (Lipinski definition) is 5. The smallest absolute Gasteiger partial charge is 0.306 e. The molecule has 20 heavy (non-hydrogen) atoms. The van der Waals surface area contributed by atoms with Crippen LogP contribution in [0.5, 0.6) is 0 Å². The standard InChI is InChI=1S/C14H18O6/c1-7-6-19-14(5-10(7)15)12(16)9-3-2-8(13(17)18)4-11(9)20-14/h7-9,11H,2-6H2,1H3,(H,17,18)/t7?,8?,9-,11+,14-/m0/s1. The first kappa shape index (κ1) is 13.7. The summed E-state index contributed by atoms with van der Waals surface area (Å²) in [5, 5.41) is 9.08. The predicted octanol–water partition coefficient (Wildman–Crippen LogP) is 0.777. The van der Waals surface area contributed by atoms with Gasteiger partial charge in [-0.2, -0.15) is 0 Å². The fraction of sp³-hybridized carbons (Fsp3) is 0.786. The topological polar surface area (TPSA) is 89.9 Å². The molecule has 110 valence electrons. The fourth-order valence-electron chi connectivity index (χ4n) is 3.41. The SMILES string of the molecule is CC1CO[C@@]2(CC1=O)O[C@@H]1CC(C(=O)O)CC[C@@H]1C2=O. The van der Waals surface area contributed by atoms with Gasteiger partial charge in [-0.05, 0) is 19.3 Å². The molecule has 2 unspecified atom stereocenters. The summed E-state index contributed by atoms with van der Waals surface area (Å²) in [4.78, 5) is 35.4. The highest BCUT2D eigenvalue weighted by atomic mass is 16.7. The van der Waals surface area contributed by atoms with Crippen molar-refractivity contribution < 1.29 is 29.0 Å². The molecular weight excluding hydrogens is 264 g/mol. The van der Waals surface area contributed by atoms with Crippen molar-refractivity contribution in [1.29, 1.82) is 0 Å². The van der Waals surface area contributed by atoms with Crippen molar-refractivity contribution in [2.24, 2.45) is 17.8 Å². The first-order valence-electron chi connectivity index (χ1n) is 7.04. The van der Waals surface area contributed by atoms with Gasteiger partial charge in [-0.15, -0.1) is 0 Å². The second-order valence-electron chi connectivity index (χ2n) is 6.08. The lowest BCUT2D eigenvalue weighted by Gasteiger charge is -2.33. The van der Waals surface area contributed by atoms with E-state index < -0.39 is 23.8 Å². The lowest BCUT2D eigenvalue weighted by molar-refractivity contribution is -0.240. The second-order valence-corrected chi connectivity index (χ2v) is 6.08. The first-order chi connectivity index (χ1) is 9.43. The second kappa shape index (κ2) is 4.63. The minimum absolute atomic E-state index is 0.0296. The number of fused-ring (bicyclic) bond motifs is 1. The molecular formula is C14H18O6. The van der Waals surface area contributed by atoms with Gasteiger partial charge in [0.25, 0.3) is 0 Å². The molecule has 1 spiro atoms. The maximum Gasteiger partial charge on any atom is 0.306 e. The number of carboxylic acid groups (broad SMARTS) is 1. The van der Waals surface area contributed by atoms with E-state index in [-0.39, 0.29) is 36.4 Å². The van der Waals surface area contributed by atoms with E-state index in [0.29, 0.717) is 19.3 Å². The number of ether oxygens (including phenoxy) is 2. The molecule has 6 nitrogen and oxygen atoms in total. The van der Waals surface area contributed by atoms with Crippen LogP contribution in [0, 0.1) is 17.8 Å². The zero-order chi connectivity index (χ0) is 14.5. The third-order valence-electron chi connectivity index (χ3n) is 4.72. The van der Waals surface area contributed by atoms with Crippen LogP contribution in [0.2, 0.25) is 0 Å². The monoisotopic (exact) mass is 282 g/mol. The van der Waals surface area contributed by atoms with E-state index in [0.717, 1.165) is 0 Å². The van der Waals surface area contributed by atoms with E-state index in [1.165, 1.54) is 0 Å². The average Bonchev–Trinajstić information content (AvgIpc) is 2.67. The summed E-state index contributed by atoms with van der Waals surface area (Å²) < 4.78 is 11.3. The quantitative estimate of drug-likeness (QED) is 0.764. The van der Waals surface area contributed by atoms with Crippen LogP contribution in [0.15, 0.2) is 0 Å². The molecule has 1 saturated carbocycles. The fourth-order valence-corrected chi connectivity index (χ4v) is 3.41. The van der Waals surface area contributed by atoms with Crippen LogP contribution >= 0.6 is 0 Å². The van der Waals surface area contributed by atoms with Crippen LogP contribution in [0.1, 0.15) is 32.6 Å². The van der Waals surface area contributed by atoms with Crippen LogP contribution in [0.25, 0.3) is 0 Å². The molecule has 5 atom stereocenters. The van der Waals surface area contributed by atoms with Gasteiger partial charge in [0, 0.05) is 11.8 Å². The van der Waals surface area contributed by atoms with E-state index >= 15 is 0 Å². The average molecular weight is 282 g/mol. The van der Waals surface area contributed by atoms with Gasteiger partial charge in [0.1, 0.15) is 5.78 Å². The number of carboxylic acids is 1. The van der Waals surface area contributed by atoms with E-state index in [1.54, 1.807) is 6.92 Å². The number of rotatable bonds is 1. The zero-order valence-electron chi connectivity index (χ0n) is 11.3. The van der Waals surface area contributed by atoms with Gasteiger partial charge in [0.15, 0.2) is 5.78 Å². The van der Waals surface area contributed by atoms with E-state index in [2.05, 4.69) is 0 Å². The Hall–Kier alpha value is -1.27. The Balaban J connectivity index is 1.79. The molecule has 0 aromatic rings. The number of carbonyl (C=O) groups excluding carboxylic acids is 2. The molecule has 3 fully saturated rings. The molecule has 6 heteroatoms. The van der Waals surface area contributed by atoms with Gasteiger partial charge in [0.2, 0.25) is 5.79 Å². The number of ketones is 2. The van der Waals surface area contributed by atoms with Gasteiger partial charge < -0.3 is 14.6 Å². The summed E-state index contributed by atoms with van der Waals surface area (Å²) in [6.45, 7) is 1.95. The summed E-state index contributed by atoms with van der Waals surface area (Å²) in [6, 6.07) is 0. The number of aliphatic carboxylic acids is 1. The highest BCUT2D eigenvalue weighted by Gasteiger charge is 2.59. The van der Waals surface area contributed by atoms with Crippen molar-refractivity contribution in [1.82, 2.24) is 0 Å². The van der Waals surface area contributed by atoms with Crippen LogP contribution in [-0.4, -0.2) is 41.1 Å². The molecule has 2 heterocycles. The Bertz CT molecular complexity index is 472. The molecule has 1 aliphatic carbocycles. The Kier molecular flexibility index (Phi) is 3.17. The van der Waals surface area contributed by atoms with Crippen LogP contribution in [0.4, 0.5) is 0 Å². The lowest BCUT2D eigenvalue weighted by Crippen LogP contribution is -2.49. The van der Waals surface area contributed by atoms with Crippen molar-refractivity contribution in [3.8, 4) is 0 Å². The van der Waals surface area contributed by atoms with Crippen molar-refractivity contribution in [2.45, 2.75) is 44.5 Å². The summed E-state index contributed by atoms with van der Waals surface area (Å²) in [5.74, 6) is -3.51. The highest BCUT2D eigenvalue weighted by Crippen LogP contribution is 2.45. The molecule has 2 aliphatic heterocycles. The Morgan fingerprint density at radius 1 is 1.35 bits per heavy atom. The molecule has 3 aliphatic rings. The number of hydrogen-bond donors (Lipinski definition) is 1. The maximum absolute atomic E-state index is 12.5. The summed E-state index contributed by atoms with van der Waals surface area (Å²) in [7, 11) is 0. The van der Waals surface area contributed by atoms with E-state index in [4.69, 9.17) is 14.6 Å². The van der Waals surface area contributed by atoms with Crippen molar-refractivity contribution >= 4 is 17.5 Å². The Morgan fingerprint density at radius 3 is 2.75 bits per heavy atom. The molecule has 0 radical (unpaired) electrons. The molecule has 2 saturated heterocycles. The normalized spacial score (nSPS) is 44.6. The van der Waals surface area contributed by atoms with E-state index in [1.807, 2.05) is 0 Å². The van der Waals surface area contributed by atoms with Gasteiger partial charge in [-0.3, -0.25) is 14.4 Å². The van der Waals surface area contributed by atoms with Crippen molar-refractivity contribution in [3.05, 3.63) is 0 Å². The zero-order valence-corrected chi connectivity index (χ0v) is 11.3. The first-order valence-corrected chi connectivity index (χ1v) is 7.04. The van der Waals surface area contributed by atoms with Gasteiger partial charge in [-0.25, -0.2) is 0 Å². The predicted molar refractivity (Wildman–Crippen MR) is 65.8 cm³/mol. The maximum atomic E-state index is 12.5. The number of Topliss-reactive ketones (excluding diaryl/α,β-unsaturated/α-hetero) is 2. The Labute approximate surface area is 116 Å². The summed E-state index contributed by atoms with van der Waals surface area (Å²) in [5.41, 5.74) is 0. The molecule has 0 aromatic carbocycles. The van der Waals surface area contributed by atoms with Gasteiger partial charge >= 0.3 is 5.97 Å². The van der Waals surface area contributed by atoms with Crippen LogP contribution in [0.3, 0.4) is 0 Å². The van der Waals surface area contributed by atoms with E-state index in [9.17, 15) is 14.4 Å². The molecule has 3 rings (SSSR count). The van der Waals surface area contributed by atoms with Gasteiger partial charge in [-0.1, -0.05) is 6.92 Å².